The fourth-order valence-electron chi connectivity index (χ4n) is 3.02. The first-order valence-corrected chi connectivity index (χ1v) is 7.70. The molecule has 6 nitrogen and oxygen atoms in total. The molecule has 2 aromatic rings. The quantitative estimate of drug-likeness (QED) is 0.940. The summed E-state index contributed by atoms with van der Waals surface area (Å²) in [6.45, 7) is 5.33. The molecule has 0 aliphatic carbocycles. The molecule has 2 aromatic heterocycles. The van der Waals surface area contributed by atoms with E-state index in [-0.39, 0.29) is 5.91 Å². The van der Waals surface area contributed by atoms with Gasteiger partial charge in [-0.15, -0.1) is 0 Å². The zero-order chi connectivity index (χ0) is 15.5. The number of carbonyl (C=O) groups excluding carboxylic acids is 1. The first-order valence-electron chi connectivity index (χ1n) is 7.70. The van der Waals surface area contributed by atoms with Crippen molar-refractivity contribution in [1.82, 2.24) is 25.1 Å². The maximum atomic E-state index is 11.5. The molecule has 1 unspecified atom stereocenters. The molecule has 22 heavy (non-hydrogen) atoms. The van der Waals surface area contributed by atoms with Crippen molar-refractivity contribution >= 4 is 5.91 Å². The van der Waals surface area contributed by atoms with Crippen LogP contribution < -0.4 is 0 Å². The van der Waals surface area contributed by atoms with Gasteiger partial charge in [0.15, 0.2) is 0 Å². The molecule has 0 saturated carbocycles. The van der Waals surface area contributed by atoms with Crippen molar-refractivity contribution in [2.45, 2.75) is 33.1 Å². The number of nitrogens with one attached hydrogen (secondary N) is 1. The highest BCUT2D eigenvalue weighted by Gasteiger charge is 2.22. The van der Waals surface area contributed by atoms with E-state index in [1.807, 2.05) is 18.0 Å². The largest absolute Gasteiger partial charge is 0.343 e. The first kappa shape index (κ1) is 14.7. The number of likely N-dealkylation sites (tertiary alicyclic amines) is 1. The van der Waals surface area contributed by atoms with Crippen LogP contribution in [0.3, 0.4) is 0 Å². The fraction of sp³-hybridized carbons (Fsp3) is 0.500. The zero-order valence-electron chi connectivity index (χ0n) is 13.0. The molecule has 0 spiro atoms. The lowest BCUT2D eigenvalue weighted by Gasteiger charge is -2.31. The van der Waals surface area contributed by atoms with E-state index in [4.69, 9.17) is 0 Å². The fourth-order valence-corrected chi connectivity index (χ4v) is 3.02. The molecule has 1 fully saturated rings. The number of hydrogen-bond acceptors (Lipinski definition) is 4. The summed E-state index contributed by atoms with van der Waals surface area (Å²) in [7, 11) is 0. The highest BCUT2D eigenvalue weighted by Crippen LogP contribution is 2.22. The number of aromatic nitrogens is 4. The van der Waals surface area contributed by atoms with Gasteiger partial charge in [-0.25, -0.2) is 0 Å². The third kappa shape index (κ3) is 3.16. The molecule has 1 aliphatic rings. The van der Waals surface area contributed by atoms with Crippen LogP contribution in [0.4, 0.5) is 0 Å². The number of hydrogen-bond donors (Lipinski definition) is 1. The summed E-state index contributed by atoms with van der Waals surface area (Å²) in [5.41, 5.74) is 3.80. The lowest BCUT2D eigenvalue weighted by molar-refractivity contribution is -0.130. The van der Waals surface area contributed by atoms with Gasteiger partial charge in [0.05, 0.1) is 23.8 Å². The van der Waals surface area contributed by atoms with Gasteiger partial charge < -0.3 is 4.90 Å². The number of piperidine rings is 1. The van der Waals surface area contributed by atoms with Gasteiger partial charge in [0.25, 0.3) is 0 Å². The molecule has 1 N–H and O–H groups in total. The molecular weight excluding hydrogens is 278 g/mol. The van der Waals surface area contributed by atoms with Crippen LogP contribution in [0.2, 0.25) is 0 Å². The summed E-state index contributed by atoms with van der Waals surface area (Å²) in [6.07, 6.45) is 8.51. The minimum Gasteiger partial charge on any atom is -0.343 e. The van der Waals surface area contributed by atoms with Gasteiger partial charge in [-0.05, 0) is 32.1 Å². The van der Waals surface area contributed by atoms with Crippen LogP contribution in [0.15, 0.2) is 18.6 Å². The van der Waals surface area contributed by atoms with Crippen molar-refractivity contribution in [2.75, 3.05) is 13.1 Å². The van der Waals surface area contributed by atoms with E-state index in [2.05, 4.69) is 20.2 Å². The topological polar surface area (TPSA) is 74.8 Å². The number of nitrogens with zero attached hydrogens (tertiary/aromatic N) is 4. The van der Waals surface area contributed by atoms with Gasteiger partial charge in [0.2, 0.25) is 5.91 Å². The number of rotatable bonds is 3. The molecule has 0 aromatic carbocycles. The van der Waals surface area contributed by atoms with Crippen LogP contribution in [0, 0.1) is 12.8 Å². The Morgan fingerprint density at radius 3 is 2.86 bits per heavy atom. The molecule has 0 radical (unpaired) electrons. The lowest BCUT2D eigenvalue weighted by Crippen LogP contribution is -2.39. The summed E-state index contributed by atoms with van der Waals surface area (Å²) in [4.78, 5) is 22.5. The SMILES string of the molecule is CC(=O)N1CCCC(Cc2cnc(-c3cn[nH]c3C)cn2)C1. The highest BCUT2D eigenvalue weighted by molar-refractivity contribution is 5.73. The van der Waals surface area contributed by atoms with Crippen molar-refractivity contribution in [2.24, 2.45) is 5.92 Å². The molecule has 6 heteroatoms. The number of aryl methyl sites for hydroxylation is 1. The first-order chi connectivity index (χ1) is 10.6. The van der Waals surface area contributed by atoms with Crippen molar-refractivity contribution in [1.29, 1.82) is 0 Å². The summed E-state index contributed by atoms with van der Waals surface area (Å²) < 4.78 is 0. The minimum absolute atomic E-state index is 0.168. The summed E-state index contributed by atoms with van der Waals surface area (Å²) >= 11 is 0. The monoisotopic (exact) mass is 299 g/mol. The zero-order valence-corrected chi connectivity index (χ0v) is 13.0. The maximum absolute atomic E-state index is 11.5. The van der Waals surface area contributed by atoms with Gasteiger partial charge in [-0.3, -0.25) is 19.9 Å². The third-order valence-corrected chi connectivity index (χ3v) is 4.27. The van der Waals surface area contributed by atoms with Crippen LogP contribution in [0.1, 0.15) is 31.2 Å². The van der Waals surface area contributed by atoms with E-state index in [0.717, 1.165) is 55.0 Å². The van der Waals surface area contributed by atoms with Gasteiger partial charge in [0.1, 0.15) is 0 Å². The molecule has 3 rings (SSSR count). The smallest absolute Gasteiger partial charge is 0.219 e. The second kappa shape index (κ2) is 6.25. The summed E-state index contributed by atoms with van der Waals surface area (Å²) in [5, 5.41) is 6.92. The van der Waals surface area contributed by atoms with E-state index in [0.29, 0.717) is 5.92 Å². The number of H-pyrrole nitrogens is 1. The Morgan fingerprint density at radius 1 is 1.36 bits per heavy atom. The van der Waals surface area contributed by atoms with Crippen molar-refractivity contribution < 1.29 is 4.79 Å². The predicted molar refractivity (Wildman–Crippen MR) is 83.0 cm³/mol. The van der Waals surface area contributed by atoms with Crippen molar-refractivity contribution in [3.05, 3.63) is 30.0 Å². The molecule has 0 bridgehead atoms. The lowest BCUT2D eigenvalue weighted by atomic mass is 9.93. The van der Waals surface area contributed by atoms with E-state index in [1.165, 1.54) is 0 Å². The average Bonchev–Trinajstić information content (AvgIpc) is 2.94. The van der Waals surface area contributed by atoms with E-state index in [9.17, 15) is 4.79 Å². The molecule has 1 amide bonds. The predicted octanol–water partition coefficient (Wildman–Crippen LogP) is 1.98. The Labute approximate surface area is 130 Å². The Bertz CT molecular complexity index is 649. The van der Waals surface area contributed by atoms with Crippen molar-refractivity contribution in [3.63, 3.8) is 0 Å². The third-order valence-electron chi connectivity index (χ3n) is 4.27. The molecule has 3 heterocycles. The van der Waals surface area contributed by atoms with E-state index < -0.39 is 0 Å². The van der Waals surface area contributed by atoms with Crippen LogP contribution in [-0.2, 0) is 11.2 Å². The van der Waals surface area contributed by atoms with Gasteiger partial charge in [-0.2, -0.15) is 5.10 Å². The summed E-state index contributed by atoms with van der Waals surface area (Å²) in [5.74, 6) is 0.648. The molecule has 1 saturated heterocycles. The standard InChI is InChI=1S/C16H21N5O/c1-11-15(8-19-20-11)16-9-17-14(7-18-16)6-13-4-3-5-21(10-13)12(2)22/h7-9,13H,3-6,10H2,1-2H3,(H,19,20). The number of aromatic amines is 1. The molecule has 1 atom stereocenters. The van der Waals surface area contributed by atoms with Crippen LogP contribution in [0.25, 0.3) is 11.3 Å². The van der Waals surface area contributed by atoms with Gasteiger partial charge >= 0.3 is 0 Å². The molecule has 1 aliphatic heterocycles. The van der Waals surface area contributed by atoms with Crippen LogP contribution >= 0.6 is 0 Å². The maximum Gasteiger partial charge on any atom is 0.219 e. The normalized spacial score (nSPS) is 18.5. The Hall–Kier alpha value is -2.24. The highest BCUT2D eigenvalue weighted by atomic mass is 16.2. The molecular formula is C16H21N5O. The number of carbonyl (C=O) groups is 1. The second-order valence-electron chi connectivity index (χ2n) is 5.98. The number of amides is 1. The average molecular weight is 299 g/mol. The van der Waals surface area contributed by atoms with Crippen molar-refractivity contribution in [3.8, 4) is 11.3 Å². The van der Waals surface area contributed by atoms with E-state index in [1.54, 1.807) is 19.3 Å². The Balaban J connectivity index is 1.66. The van der Waals surface area contributed by atoms with E-state index >= 15 is 0 Å². The molecule has 116 valence electrons. The summed E-state index contributed by atoms with van der Waals surface area (Å²) in [6, 6.07) is 0. The van der Waals surface area contributed by atoms with Crippen LogP contribution in [-0.4, -0.2) is 44.1 Å². The Morgan fingerprint density at radius 2 is 2.23 bits per heavy atom. The second-order valence-corrected chi connectivity index (χ2v) is 5.98. The van der Waals surface area contributed by atoms with Gasteiger partial charge in [0, 0.05) is 37.5 Å². The Kier molecular flexibility index (Phi) is 4.18. The van der Waals surface area contributed by atoms with Gasteiger partial charge in [-0.1, -0.05) is 0 Å². The van der Waals surface area contributed by atoms with Crippen LogP contribution in [0.5, 0.6) is 0 Å². The minimum atomic E-state index is 0.168.